The molecule has 1 aromatic rings. The van der Waals surface area contributed by atoms with Crippen molar-refractivity contribution in [3.05, 3.63) is 29.3 Å². The lowest BCUT2D eigenvalue weighted by atomic mass is 10.1. The van der Waals surface area contributed by atoms with E-state index in [1.54, 1.807) is 4.90 Å². The van der Waals surface area contributed by atoms with Crippen LogP contribution in [-0.2, 0) is 4.79 Å². The van der Waals surface area contributed by atoms with Crippen LogP contribution >= 0.6 is 0 Å². The standard InChI is InChI=1S/C16H23N3O2/c1-3-7-17-14-6-5-12(2)10-13(14)16(21)19-9-4-8-18-15(20)11-19/h5-6,10,17H,3-4,7-9,11H2,1-2H3,(H,18,20). The van der Waals surface area contributed by atoms with Crippen molar-refractivity contribution in [3.63, 3.8) is 0 Å². The second kappa shape index (κ2) is 7.11. The molecule has 2 amide bonds. The van der Waals surface area contributed by atoms with Crippen molar-refractivity contribution in [1.82, 2.24) is 10.2 Å². The zero-order valence-electron chi connectivity index (χ0n) is 12.7. The monoisotopic (exact) mass is 289 g/mol. The van der Waals surface area contributed by atoms with E-state index in [4.69, 9.17) is 0 Å². The lowest BCUT2D eigenvalue weighted by Gasteiger charge is -2.21. The lowest BCUT2D eigenvalue weighted by molar-refractivity contribution is -0.121. The molecule has 0 spiro atoms. The molecule has 5 nitrogen and oxygen atoms in total. The van der Waals surface area contributed by atoms with Gasteiger partial charge in [-0.15, -0.1) is 0 Å². The first-order valence-electron chi connectivity index (χ1n) is 7.52. The predicted octanol–water partition coefficient (Wildman–Crippen LogP) is 1.78. The van der Waals surface area contributed by atoms with Gasteiger partial charge in [-0.2, -0.15) is 0 Å². The lowest BCUT2D eigenvalue weighted by Crippen LogP contribution is -2.37. The topological polar surface area (TPSA) is 61.4 Å². The number of amides is 2. The minimum atomic E-state index is -0.0865. The van der Waals surface area contributed by atoms with E-state index in [1.165, 1.54) is 0 Å². The van der Waals surface area contributed by atoms with Crippen molar-refractivity contribution < 1.29 is 9.59 Å². The van der Waals surface area contributed by atoms with Gasteiger partial charge in [0, 0.05) is 25.3 Å². The molecule has 0 radical (unpaired) electrons. The van der Waals surface area contributed by atoms with Crippen molar-refractivity contribution in [3.8, 4) is 0 Å². The molecular formula is C16H23N3O2. The second-order valence-corrected chi connectivity index (χ2v) is 5.41. The fourth-order valence-corrected chi connectivity index (χ4v) is 2.40. The Morgan fingerprint density at radius 1 is 1.43 bits per heavy atom. The van der Waals surface area contributed by atoms with Crippen molar-refractivity contribution in [2.24, 2.45) is 0 Å². The van der Waals surface area contributed by atoms with Crippen molar-refractivity contribution in [2.45, 2.75) is 26.7 Å². The summed E-state index contributed by atoms with van der Waals surface area (Å²) in [6.45, 7) is 6.26. The highest BCUT2D eigenvalue weighted by molar-refractivity contribution is 6.01. The van der Waals surface area contributed by atoms with Crippen LogP contribution in [0.4, 0.5) is 5.69 Å². The van der Waals surface area contributed by atoms with Gasteiger partial charge >= 0.3 is 0 Å². The van der Waals surface area contributed by atoms with Gasteiger partial charge in [0.1, 0.15) is 0 Å². The Bertz CT molecular complexity index is 528. The average Bonchev–Trinajstić information content (AvgIpc) is 2.70. The minimum absolute atomic E-state index is 0.0747. The highest BCUT2D eigenvalue weighted by atomic mass is 16.2. The van der Waals surface area contributed by atoms with E-state index in [-0.39, 0.29) is 18.4 Å². The van der Waals surface area contributed by atoms with Gasteiger partial charge in [-0.1, -0.05) is 18.6 Å². The quantitative estimate of drug-likeness (QED) is 0.888. The summed E-state index contributed by atoms with van der Waals surface area (Å²) < 4.78 is 0. The maximum atomic E-state index is 12.7. The van der Waals surface area contributed by atoms with Crippen LogP contribution in [0.15, 0.2) is 18.2 Å². The van der Waals surface area contributed by atoms with Crippen LogP contribution in [0.2, 0.25) is 0 Å². The molecule has 1 heterocycles. The molecule has 1 fully saturated rings. The van der Waals surface area contributed by atoms with E-state index in [1.807, 2.05) is 25.1 Å². The molecule has 0 unspecified atom stereocenters. The van der Waals surface area contributed by atoms with Crippen LogP contribution in [0.1, 0.15) is 35.7 Å². The number of nitrogens with zero attached hydrogens (tertiary/aromatic N) is 1. The largest absolute Gasteiger partial charge is 0.384 e. The van der Waals surface area contributed by atoms with Crippen LogP contribution in [-0.4, -0.2) is 42.9 Å². The number of hydrogen-bond acceptors (Lipinski definition) is 3. The van der Waals surface area contributed by atoms with Gasteiger partial charge in [0.15, 0.2) is 0 Å². The van der Waals surface area contributed by atoms with Gasteiger partial charge in [-0.05, 0) is 31.9 Å². The van der Waals surface area contributed by atoms with Crippen molar-refractivity contribution in [2.75, 3.05) is 31.5 Å². The molecule has 2 rings (SSSR count). The van der Waals surface area contributed by atoms with E-state index in [9.17, 15) is 9.59 Å². The Labute approximate surface area is 125 Å². The van der Waals surface area contributed by atoms with Crippen LogP contribution in [0, 0.1) is 6.92 Å². The molecule has 21 heavy (non-hydrogen) atoms. The van der Waals surface area contributed by atoms with E-state index in [0.29, 0.717) is 18.7 Å². The fourth-order valence-electron chi connectivity index (χ4n) is 2.40. The molecule has 0 aliphatic carbocycles. The van der Waals surface area contributed by atoms with Gasteiger partial charge in [-0.3, -0.25) is 9.59 Å². The maximum absolute atomic E-state index is 12.7. The van der Waals surface area contributed by atoms with Gasteiger partial charge in [-0.25, -0.2) is 0 Å². The van der Waals surface area contributed by atoms with Crippen molar-refractivity contribution >= 4 is 17.5 Å². The average molecular weight is 289 g/mol. The third-order valence-electron chi connectivity index (χ3n) is 3.52. The number of hydrogen-bond donors (Lipinski definition) is 2. The number of aryl methyl sites for hydroxylation is 1. The summed E-state index contributed by atoms with van der Waals surface area (Å²) in [4.78, 5) is 26.0. The van der Waals surface area contributed by atoms with Crippen LogP contribution in [0.5, 0.6) is 0 Å². The number of carbonyl (C=O) groups is 2. The van der Waals surface area contributed by atoms with Gasteiger partial charge in [0.2, 0.25) is 5.91 Å². The Hall–Kier alpha value is -2.04. The first-order chi connectivity index (χ1) is 10.1. The maximum Gasteiger partial charge on any atom is 0.256 e. The molecule has 1 aliphatic heterocycles. The zero-order chi connectivity index (χ0) is 15.2. The van der Waals surface area contributed by atoms with Gasteiger partial charge < -0.3 is 15.5 Å². The second-order valence-electron chi connectivity index (χ2n) is 5.41. The molecule has 0 aromatic heterocycles. The Kier molecular flexibility index (Phi) is 5.20. The molecule has 0 atom stereocenters. The van der Waals surface area contributed by atoms with E-state index >= 15 is 0 Å². The molecule has 5 heteroatoms. The summed E-state index contributed by atoms with van der Waals surface area (Å²) in [7, 11) is 0. The molecule has 0 saturated carbocycles. The normalized spacial score (nSPS) is 15.3. The molecular weight excluding hydrogens is 266 g/mol. The highest BCUT2D eigenvalue weighted by Crippen LogP contribution is 2.20. The molecule has 1 aliphatic rings. The first kappa shape index (κ1) is 15.4. The highest BCUT2D eigenvalue weighted by Gasteiger charge is 2.23. The Morgan fingerprint density at radius 3 is 3.00 bits per heavy atom. The number of benzene rings is 1. The van der Waals surface area contributed by atoms with Crippen LogP contribution < -0.4 is 10.6 Å². The van der Waals surface area contributed by atoms with Gasteiger partial charge in [0.05, 0.1) is 12.1 Å². The number of nitrogens with one attached hydrogen (secondary N) is 2. The molecule has 1 saturated heterocycles. The minimum Gasteiger partial charge on any atom is -0.384 e. The summed E-state index contributed by atoms with van der Waals surface area (Å²) >= 11 is 0. The Morgan fingerprint density at radius 2 is 2.24 bits per heavy atom. The fraction of sp³-hybridized carbons (Fsp3) is 0.500. The summed E-state index contributed by atoms with van der Waals surface area (Å²) in [6.07, 6.45) is 1.79. The summed E-state index contributed by atoms with van der Waals surface area (Å²) in [5.41, 5.74) is 2.54. The smallest absolute Gasteiger partial charge is 0.256 e. The third kappa shape index (κ3) is 3.97. The first-order valence-corrected chi connectivity index (χ1v) is 7.52. The van der Waals surface area contributed by atoms with Gasteiger partial charge in [0.25, 0.3) is 5.91 Å². The molecule has 2 N–H and O–H groups in total. The molecule has 1 aromatic carbocycles. The van der Waals surface area contributed by atoms with Crippen molar-refractivity contribution in [1.29, 1.82) is 0 Å². The molecule has 0 bridgehead atoms. The molecule has 114 valence electrons. The predicted molar refractivity (Wildman–Crippen MR) is 83.5 cm³/mol. The summed E-state index contributed by atoms with van der Waals surface area (Å²) in [5, 5.41) is 6.08. The van der Waals surface area contributed by atoms with E-state index in [0.717, 1.165) is 30.6 Å². The van der Waals surface area contributed by atoms with E-state index < -0.39 is 0 Å². The zero-order valence-corrected chi connectivity index (χ0v) is 12.7. The Balaban J connectivity index is 2.23. The van der Waals surface area contributed by atoms with Crippen LogP contribution in [0.3, 0.4) is 0 Å². The number of carbonyl (C=O) groups excluding carboxylic acids is 2. The number of anilines is 1. The third-order valence-corrected chi connectivity index (χ3v) is 3.52. The number of rotatable bonds is 4. The summed E-state index contributed by atoms with van der Waals surface area (Å²) in [5.74, 6) is -0.161. The van der Waals surface area contributed by atoms with E-state index in [2.05, 4.69) is 17.6 Å². The SMILES string of the molecule is CCCNc1ccc(C)cc1C(=O)N1CCCNC(=O)C1. The summed E-state index contributed by atoms with van der Waals surface area (Å²) in [6, 6.07) is 5.82. The van der Waals surface area contributed by atoms with Crippen LogP contribution in [0.25, 0.3) is 0 Å².